The Labute approximate surface area is 343 Å². The maximum atomic E-state index is 13.5. The Hall–Kier alpha value is -4.74. The molecule has 5 amide bonds. The number of nitrogens with one attached hydrogen (secondary N) is 1. The Morgan fingerprint density at radius 2 is 1.47 bits per heavy atom. The van der Waals surface area contributed by atoms with Crippen LogP contribution in [0.2, 0.25) is 5.02 Å². The molecule has 3 aromatic carbocycles. The summed E-state index contributed by atoms with van der Waals surface area (Å²) in [5.74, 6) is -1.78. The smallest absolute Gasteiger partial charge is 0.330 e. The van der Waals surface area contributed by atoms with Crippen molar-refractivity contribution in [1.82, 2.24) is 9.80 Å². The lowest BCUT2D eigenvalue weighted by Gasteiger charge is -2.31. The molecule has 11 nitrogen and oxygen atoms in total. The average molecular weight is 805 g/mol. The van der Waals surface area contributed by atoms with Gasteiger partial charge in [-0.1, -0.05) is 129 Å². The molecule has 0 aromatic heterocycles. The fourth-order valence-electron chi connectivity index (χ4n) is 6.09. The molecule has 0 radical (unpaired) electrons. The summed E-state index contributed by atoms with van der Waals surface area (Å²) in [7, 11) is 0. The van der Waals surface area contributed by atoms with E-state index in [1.807, 2.05) is 43.3 Å². The van der Waals surface area contributed by atoms with E-state index >= 15 is 0 Å². The molecule has 4 rings (SSSR count). The average Bonchev–Trinajstić information content (AvgIpc) is 3.37. The molecule has 0 aliphatic carbocycles. The monoisotopic (exact) mass is 804 g/mol. The number of rotatable bonds is 16. The van der Waals surface area contributed by atoms with Crippen molar-refractivity contribution in [2.24, 2.45) is 11.1 Å². The number of nitrogens with zero attached hydrogens (tertiary/aromatic N) is 2. The number of hydrogen-bond acceptors (Lipinski definition) is 7. The number of ether oxygens (including phenoxy) is 2. The topological polar surface area (TPSA) is 148 Å². The van der Waals surface area contributed by atoms with Crippen molar-refractivity contribution in [1.29, 1.82) is 0 Å². The van der Waals surface area contributed by atoms with Crippen molar-refractivity contribution >= 4 is 46.8 Å². The Kier molecular flexibility index (Phi) is 16.0. The summed E-state index contributed by atoms with van der Waals surface area (Å²) >= 11 is 6.01. The van der Waals surface area contributed by atoms with Crippen LogP contribution in [0.25, 0.3) is 0 Å². The van der Waals surface area contributed by atoms with Crippen LogP contribution in [-0.2, 0) is 41.3 Å². The number of hydrogen-bond donors (Lipinski definition) is 2. The molecule has 12 heteroatoms. The van der Waals surface area contributed by atoms with Gasteiger partial charge in [-0.05, 0) is 72.4 Å². The maximum Gasteiger partial charge on any atom is 0.330 e. The number of amides is 5. The van der Waals surface area contributed by atoms with E-state index < -0.39 is 53.3 Å². The zero-order chi connectivity index (χ0) is 42.9. The molecule has 0 saturated carbocycles. The van der Waals surface area contributed by atoms with Gasteiger partial charge in [-0.15, -0.1) is 0 Å². The van der Waals surface area contributed by atoms with E-state index in [9.17, 15) is 24.0 Å². The molecule has 1 aliphatic rings. The molecular weight excluding hydrogens is 744 g/mol. The van der Waals surface area contributed by atoms with E-state index in [0.717, 1.165) is 34.6 Å². The van der Waals surface area contributed by atoms with E-state index in [4.69, 9.17) is 26.8 Å². The zero-order valence-electron chi connectivity index (χ0n) is 35.4. The number of imide groups is 1. The van der Waals surface area contributed by atoms with Crippen molar-refractivity contribution in [3.05, 3.63) is 94.5 Å². The molecule has 57 heavy (non-hydrogen) atoms. The van der Waals surface area contributed by atoms with E-state index in [0.29, 0.717) is 17.1 Å². The molecule has 3 N–H and O–H groups in total. The van der Waals surface area contributed by atoms with Crippen LogP contribution in [0.5, 0.6) is 5.75 Å². The summed E-state index contributed by atoms with van der Waals surface area (Å²) < 4.78 is 11.6. The van der Waals surface area contributed by atoms with Gasteiger partial charge in [0, 0.05) is 28.3 Å². The van der Waals surface area contributed by atoms with Gasteiger partial charge in [0.25, 0.3) is 17.7 Å². The minimum Gasteiger partial charge on any atom is -0.480 e. The molecule has 0 spiro atoms. The Morgan fingerprint density at radius 3 is 2.00 bits per heavy atom. The highest BCUT2D eigenvalue weighted by molar-refractivity contribution is 6.31. The number of anilines is 1. The van der Waals surface area contributed by atoms with E-state index in [1.54, 1.807) is 45.9 Å². The number of nitrogens with two attached hydrogens (primary N) is 1. The standard InChI is InChI=1S/C25H28ClN3O5.C20H33NO2/c1-5-34-23-22(32)29(24(33)28(23)15-16-10-7-6-8-11-16)19(20(30)25(2,3)4)21(31)27-18-13-9-12-17(26)14-18;1-8-16(18(21)22)23-17-12-11-14(19(4,5)9-2)13-15(17)20(6,7)10-3/h6-14,19,23H,5,15H2,1-4H3,(H,27,31);11-13,16H,8-10H2,1-7H3,(H2,21,22). The van der Waals surface area contributed by atoms with Gasteiger partial charge in [0.15, 0.2) is 17.9 Å². The number of ketones is 1. The summed E-state index contributed by atoms with van der Waals surface area (Å²) in [5.41, 5.74) is 8.10. The first-order valence-corrected chi connectivity index (χ1v) is 20.0. The third kappa shape index (κ3) is 11.7. The lowest BCUT2D eigenvalue weighted by molar-refractivity contribution is -0.149. The summed E-state index contributed by atoms with van der Waals surface area (Å²) in [6.07, 6.45) is 0.812. The second-order valence-corrected chi connectivity index (χ2v) is 17.0. The van der Waals surface area contributed by atoms with Crippen LogP contribution in [0, 0.1) is 5.41 Å². The predicted octanol–water partition coefficient (Wildman–Crippen LogP) is 8.79. The second kappa shape index (κ2) is 19.6. The fraction of sp³-hybridized carbons (Fsp3) is 0.489. The number of Topliss-reactive ketones (excluding diaryl/α,β-unsaturated/α-hetero) is 1. The van der Waals surface area contributed by atoms with Gasteiger partial charge >= 0.3 is 6.03 Å². The number of urea groups is 1. The number of halogens is 1. The summed E-state index contributed by atoms with van der Waals surface area (Å²) in [6, 6.07) is 19.4. The fourth-order valence-corrected chi connectivity index (χ4v) is 6.28. The van der Waals surface area contributed by atoms with Crippen LogP contribution in [0.1, 0.15) is 112 Å². The number of carbonyl (C=O) groups is 5. The predicted molar refractivity (Wildman–Crippen MR) is 225 cm³/mol. The molecule has 1 saturated heterocycles. The van der Waals surface area contributed by atoms with Crippen LogP contribution in [-0.4, -0.2) is 64.3 Å². The van der Waals surface area contributed by atoms with Crippen molar-refractivity contribution in [2.45, 2.75) is 131 Å². The van der Waals surface area contributed by atoms with Gasteiger partial charge in [-0.3, -0.25) is 24.1 Å². The maximum absolute atomic E-state index is 13.5. The SMILES string of the molecule is CCC(Oc1ccc(C(C)(C)CC)cc1C(C)(C)CC)C(N)=O.CCOC1C(=O)N(C(C(=O)Nc2cccc(Cl)c2)C(=O)C(C)(C)C)C(=O)N1Cc1ccccc1. The number of primary amides is 1. The van der Waals surface area contributed by atoms with Crippen molar-refractivity contribution in [3.8, 4) is 5.75 Å². The highest BCUT2D eigenvalue weighted by atomic mass is 35.5. The summed E-state index contributed by atoms with van der Waals surface area (Å²) in [5, 5.41) is 3.00. The van der Waals surface area contributed by atoms with Crippen molar-refractivity contribution < 1.29 is 33.4 Å². The first kappa shape index (κ1) is 46.6. The molecular formula is C45H61ClN4O7. The second-order valence-electron chi connectivity index (χ2n) is 16.5. The molecule has 310 valence electrons. The van der Waals surface area contributed by atoms with E-state index in [2.05, 4.69) is 59.0 Å². The van der Waals surface area contributed by atoms with Gasteiger partial charge in [0.2, 0.25) is 6.23 Å². The van der Waals surface area contributed by atoms with Crippen LogP contribution >= 0.6 is 11.6 Å². The first-order valence-electron chi connectivity index (χ1n) is 19.6. The largest absolute Gasteiger partial charge is 0.480 e. The Balaban J connectivity index is 0.000000331. The summed E-state index contributed by atoms with van der Waals surface area (Å²) in [6.45, 7) is 22.0. The molecule has 1 aliphatic heterocycles. The van der Waals surface area contributed by atoms with Crippen LogP contribution in [0.3, 0.4) is 0 Å². The number of benzene rings is 3. The molecule has 3 aromatic rings. The van der Waals surface area contributed by atoms with Gasteiger partial charge in [0.1, 0.15) is 5.75 Å². The summed E-state index contributed by atoms with van der Waals surface area (Å²) in [4.78, 5) is 67.1. The van der Waals surface area contributed by atoms with Crippen molar-refractivity contribution in [3.63, 3.8) is 0 Å². The quantitative estimate of drug-likeness (QED) is 0.109. The van der Waals surface area contributed by atoms with Crippen LogP contribution < -0.4 is 15.8 Å². The third-order valence-electron chi connectivity index (χ3n) is 10.5. The van der Waals surface area contributed by atoms with Crippen LogP contribution in [0.4, 0.5) is 10.5 Å². The molecule has 1 heterocycles. The highest BCUT2D eigenvalue weighted by Gasteiger charge is 2.54. The molecule has 1 fully saturated rings. The van der Waals surface area contributed by atoms with Gasteiger partial charge in [-0.25, -0.2) is 9.69 Å². The lowest BCUT2D eigenvalue weighted by Crippen LogP contribution is -2.55. The molecule has 3 atom stereocenters. The Morgan fingerprint density at radius 1 is 0.842 bits per heavy atom. The van der Waals surface area contributed by atoms with E-state index in [1.165, 1.54) is 16.5 Å². The third-order valence-corrected chi connectivity index (χ3v) is 10.7. The number of carbonyl (C=O) groups excluding carboxylic acids is 5. The molecule has 3 unspecified atom stereocenters. The van der Waals surface area contributed by atoms with E-state index in [-0.39, 0.29) is 24.0 Å². The van der Waals surface area contributed by atoms with Crippen molar-refractivity contribution in [2.75, 3.05) is 11.9 Å². The van der Waals surface area contributed by atoms with Gasteiger partial charge in [-0.2, -0.15) is 0 Å². The highest BCUT2D eigenvalue weighted by Crippen LogP contribution is 2.39. The normalized spacial score (nSPS) is 15.8. The minimum absolute atomic E-state index is 0.0227. The lowest BCUT2D eigenvalue weighted by atomic mass is 9.76. The van der Waals surface area contributed by atoms with Crippen LogP contribution in [0.15, 0.2) is 72.8 Å². The minimum atomic E-state index is -1.68. The Bertz CT molecular complexity index is 1890. The zero-order valence-corrected chi connectivity index (χ0v) is 36.2. The van der Waals surface area contributed by atoms with Gasteiger partial charge < -0.3 is 20.5 Å². The van der Waals surface area contributed by atoms with Gasteiger partial charge in [0.05, 0.1) is 6.54 Å². The molecule has 0 bridgehead atoms. The first-order chi connectivity index (χ1) is 26.6.